The van der Waals surface area contributed by atoms with Crippen molar-refractivity contribution in [2.24, 2.45) is 0 Å². The van der Waals surface area contributed by atoms with Crippen LogP contribution in [0, 0.1) is 6.92 Å². The molecule has 3 rings (SSSR count). The fourth-order valence-electron chi connectivity index (χ4n) is 3.42. The van der Waals surface area contributed by atoms with Crippen LogP contribution in [0.25, 0.3) is 0 Å². The lowest BCUT2D eigenvalue weighted by atomic mass is 10.1. The minimum atomic E-state index is -0.577. The van der Waals surface area contributed by atoms with Gasteiger partial charge in [-0.2, -0.15) is 0 Å². The van der Waals surface area contributed by atoms with Gasteiger partial charge >= 0.3 is 0 Å². The van der Waals surface area contributed by atoms with Crippen molar-refractivity contribution < 1.29 is 14.6 Å². The SMILES string of the molecule is Cc1cccc(CN(C[C@H](O)COc2ccc(Cl)cc2)C[C@@H]2CCCO2)c1. The van der Waals surface area contributed by atoms with Gasteiger partial charge in [-0.15, -0.1) is 0 Å². The van der Waals surface area contributed by atoms with E-state index >= 15 is 0 Å². The van der Waals surface area contributed by atoms with Gasteiger partial charge < -0.3 is 14.6 Å². The number of rotatable bonds is 9. The molecule has 146 valence electrons. The molecular weight excluding hydrogens is 362 g/mol. The van der Waals surface area contributed by atoms with Crippen LogP contribution in [0.5, 0.6) is 5.75 Å². The molecule has 0 saturated carbocycles. The highest BCUT2D eigenvalue weighted by molar-refractivity contribution is 6.30. The van der Waals surface area contributed by atoms with Gasteiger partial charge in [0.25, 0.3) is 0 Å². The van der Waals surface area contributed by atoms with Crippen LogP contribution in [0.1, 0.15) is 24.0 Å². The molecule has 0 bridgehead atoms. The fourth-order valence-corrected chi connectivity index (χ4v) is 3.55. The van der Waals surface area contributed by atoms with E-state index in [2.05, 4.69) is 36.1 Å². The van der Waals surface area contributed by atoms with Crippen molar-refractivity contribution in [3.63, 3.8) is 0 Å². The van der Waals surface area contributed by atoms with Gasteiger partial charge in [-0.1, -0.05) is 41.4 Å². The van der Waals surface area contributed by atoms with E-state index in [1.54, 1.807) is 12.1 Å². The maximum Gasteiger partial charge on any atom is 0.119 e. The molecule has 1 N–H and O–H groups in total. The summed E-state index contributed by atoms with van der Waals surface area (Å²) in [5.74, 6) is 0.711. The quantitative estimate of drug-likeness (QED) is 0.702. The number of aliphatic hydroxyl groups excluding tert-OH is 1. The lowest BCUT2D eigenvalue weighted by molar-refractivity contribution is 0.0313. The summed E-state index contributed by atoms with van der Waals surface area (Å²) in [6.45, 7) is 5.35. The number of hydrogen-bond acceptors (Lipinski definition) is 4. The van der Waals surface area contributed by atoms with Gasteiger partial charge in [0, 0.05) is 31.3 Å². The molecule has 0 spiro atoms. The summed E-state index contributed by atoms with van der Waals surface area (Å²) in [4.78, 5) is 2.26. The first-order valence-electron chi connectivity index (χ1n) is 9.54. The molecule has 1 fully saturated rings. The minimum Gasteiger partial charge on any atom is -0.491 e. The summed E-state index contributed by atoms with van der Waals surface area (Å²) in [6.07, 6.45) is 1.87. The second-order valence-electron chi connectivity index (χ2n) is 7.24. The lowest BCUT2D eigenvalue weighted by Crippen LogP contribution is -2.39. The van der Waals surface area contributed by atoms with Gasteiger partial charge in [-0.25, -0.2) is 0 Å². The molecule has 2 atom stereocenters. The molecule has 2 aromatic rings. The van der Waals surface area contributed by atoms with Crippen molar-refractivity contribution in [1.29, 1.82) is 0 Å². The first-order chi connectivity index (χ1) is 13.1. The van der Waals surface area contributed by atoms with E-state index in [0.717, 1.165) is 32.5 Å². The second kappa shape index (κ2) is 10.1. The van der Waals surface area contributed by atoms with E-state index < -0.39 is 6.10 Å². The topological polar surface area (TPSA) is 41.9 Å². The predicted molar refractivity (Wildman–Crippen MR) is 108 cm³/mol. The van der Waals surface area contributed by atoms with Gasteiger partial charge in [0.1, 0.15) is 18.5 Å². The Labute approximate surface area is 166 Å². The Morgan fingerprint density at radius 1 is 1.26 bits per heavy atom. The zero-order valence-electron chi connectivity index (χ0n) is 15.8. The Kier molecular flexibility index (Phi) is 7.53. The highest BCUT2D eigenvalue weighted by atomic mass is 35.5. The first kappa shape index (κ1) is 20.2. The normalized spacial score (nSPS) is 18.0. The molecule has 1 aliphatic rings. The van der Waals surface area contributed by atoms with E-state index in [1.807, 2.05) is 12.1 Å². The monoisotopic (exact) mass is 389 g/mol. The van der Waals surface area contributed by atoms with E-state index in [1.165, 1.54) is 11.1 Å². The zero-order valence-corrected chi connectivity index (χ0v) is 16.6. The van der Waals surface area contributed by atoms with E-state index in [9.17, 15) is 5.11 Å². The number of ether oxygens (including phenoxy) is 2. The van der Waals surface area contributed by atoms with Crippen LogP contribution in [0.2, 0.25) is 5.02 Å². The molecule has 27 heavy (non-hydrogen) atoms. The van der Waals surface area contributed by atoms with Crippen LogP contribution in [-0.4, -0.2) is 48.5 Å². The van der Waals surface area contributed by atoms with E-state index in [0.29, 0.717) is 17.3 Å². The number of hydrogen-bond donors (Lipinski definition) is 1. The molecule has 1 aliphatic heterocycles. The Morgan fingerprint density at radius 3 is 2.78 bits per heavy atom. The minimum absolute atomic E-state index is 0.247. The summed E-state index contributed by atoms with van der Waals surface area (Å²) in [5.41, 5.74) is 2.50. The third-order valence-corrected chi connectivity index (χ3v) is 4.95. The van der Waals surface area contributed by atoms with Gasteiger partial charge in [0.15, 0.2) is 0 Å². The summed E-state index contributed by atoms with van der Waals surface area (Å²) in [5, 5.41) is 11.2. The van der Waals surface area contributed by atoms with Gasteiger partial charge in [-0.05, 0) is 49.6 Å². The first-order valence-corrected chi connectivity index (χ1v) is 9.92. The summed E-state index contributed by atoms with van der Waals surface area (Å²) >= 11 is 5.89. The highest BCUT2D eigenvalue weighted by Crippen LogP contribution is 2.18. The van der Waals surface area contributed by atoms with Crippen molar-refractivity contribution in [2.75, 3.05) is 26.3 Å². The van der Waals surface area contributed by atoms with Crippen molar-refractivity contribution in [3.05, 3.63) is 64.7 Å². The summed E-state index contributed by atoms with van der Waals surface area (Å²) in [6, 6.07) is 15.7. The molecule has 5 heteroatoms. The molecule has 0 aromatic heterocycles. The summed E-state index contributed by atoms with van der Waals surface area (Å²) in [7, 11) is 0. The van der Waals surface area contributed by atoms with Gasteiger partial charge in [-0.3, -0.25) is 4.90 Å². The van der Waals surface area contributed by atoms with Crippen molar-refractivity contribution in [1.82, 2.24) is 4.90 Å². The number of nitrogens with zero attached hydrogens (tertiary/aromatic N) is 1. The standard InChI is InChI=1S/C22H28ClNO3/c1-17-4-2-5-18(12-17)13-24(15-22-6-3-11-26-22)14-20(25)16-27-21-9-7-19(23)8-10-21/h2,4-5,7-10,12,20,22,25H,3,6,11,13-16H2,1H3/t20-,22-/m0/s1. The van der Waals surface area contributed by atoms with Crippen LogP contribution >= 0.6 is 11.6 Å². The molecule has 1 saturated heterocycles. The molecule has 4 nitrogen and oxygen atoms in total. The van der Waals surface area contributed by atoms with Gasteiger partial charge in [0.2, 0.25) is 0 Å². The van der Waals surface area contributed by atoms with Crippen LogP contribution < -0.4 is 4.74 Å². The van der Waals surface area contributed by atoms with Gasteiger partial charge in [0.05, 0.1) is 6.10 Å². The Bertz CT molecular complexity index is 701. The van der Waals surface area contributed by atoms with Crippen LogP contribution in [0.3, 0.4) is 0 Å². The Morgan fingerprint density at radius 2 is 2.07 bits per heavy atom. The average molecular weight is 390 g/mol. The number of halogens is 1. The van der Waals surface area contributed by atoms with Crippen LogP contribution in [-0.2, 0) is 11.3 Å². The van der Waals surface area contributed by atoms with Crippen molar-refractivity contribution in [3.8, 4) is 5.75 Å². The average Bonchev–Trinajstić information content (AvgIpc) is 3.14. The second-order valence-corrected chi connectivity index (χ2v) is 7.67. The maximum absolute atomic E-state index is 10.5. The molecule has 0 unspecified atom stereocenters. The smallest absolute Gasteiger partial charge is 0.119 e. The lowest BCUT2D eigenvalue weighted by Gasteiger charge is -2.27. The third kappa shape index (κ3) is 6.82. The largest absolute Gasteiger partial charge is 0.491 e. The predicted octanol–water partition coefficient (Wildman–Crippen LogP) is 4.07. The van der Waals surface area contributed by atoms with Crippen molar-refractivity contribution in [2.45, 2.75) is 38.5 Å². The number of benzene rings is 2. The number of aliphatic hydroxyl groups is 1. The van der Waals surface area contributed by atoms with E-state index in [4.69, 9.17) is 21.1 Å². The van der Waals surface area contributed by atoms with E-state index in [-0.39, 0.29) is 12.7 Å². The molecule has 0 amide bonds. The molecular formula is C22H28ClNO3. The number of aryl methyl sites for hydroxylation is 1. The van der Waals surface area contributed by atoms with Crippen LogP contribution in [0.4, 0.5) is 0 Å². The van der Waals surface area contributed by atoms with Crippen LogP contribution in [0.15, 0.2) is 48.5 Å². The van der Waals surface area contributed by atoms with Crippen molar-refractivity contribution >= 4 is 11.6 Å². The maximum atomic E-state index is 10.5. The third-order valence-electron chi connectivity index (χ3n) is 4.70. The Balaban J connectivity index is 1.56. The molecule has 2 aromatic carbocycles. The zero-order chi connectivity index (χ0) is 19.1. The molecule has 1 heterocycles. The molecule has 0 aliphatic carbocycles. The molecule has 0 radical (unpaired) electrons. The highest BCUT2D eigenvalue weighted by Gasteiger charge is 2.21. The summed E-state index contributed by atoms with van der Waals surface area (Å²) < 4.78 is 11.5. The Hall–Kier alpha value is -1.59. The fraction of sp³-hybridized carbons (Fsp3) is 0.455.